The maximum Gasteiger partial charge on any atom is 0.435 e. The first-order valence-corrected chi connectivity index (χ1v) is 13.5. The summed E-state index contributed by atoms with van der Waals surface area (Å²) in [5, 5.41) is 4.28. The summed E-state index contributed by atoms with van der Waals surface area (Å²) >= 11 is 0. The maximum absolute atomic E-state index is 12.7. The van der Waals surface area contributed by atoms with Crippen molar-refractivity contribution in [3.63, 3.8) is 0 Å². The van der Waals surface area contributed by atoms with Crippen molar-refractivity contribution in [3.05, 3.63) is 77.4 Å². The smallest absolute Gasteiger partial charge is 0.435 e. The van der Waals surface area contributed by atoms with Crippen LogP contribution in [0.25, 0.3) is 11.8 Å². The van der Waals surface area contributed by atoms with Gasteiger partial charge in [0.25, 0.3) is 0 Å². The minimum absolute atomic E-state index is 0.439. The molecular formula is C25H25F5N4O3S. The molecule has 0 amide bonds. The molecule has 38 heavy (non-hydrogen) atoms. The Labute approximate surface area is 216 Å². The minimum Gasteiger partial charge on any atom is -0.495 e. The summed E-state index contributed by atoms with van der Waals surface area (Å²) in [5.74, 6) is 0.255. The quantitative estimate of drug-likeness (QED) is 0.295. The zero-order valence-corrected chi connectivity index (χ0v) is 21.5. The standard InChI is InChI=1S/C25H25F5N4O3S/c1-17-15-33(16-31-17)22-11-6-18(14-23(22)35-3)13-19-5-4-12-34-24(19)32-37-25(34,2)20-7-9-21(10-8-20)36-38(26,27,28,29)30/h6-11,13-16H,4-5,12H2,1-3H3/b19-13+. The van der Waals surface area contributed by atoms with Crippen molar-refractivity contribution in [3.8, 4) is 17.2 Å². The SMILES string of the molecule is COc1cc(/C=C2\CCCN3C2=NOC3(C)c2ccc(OS(F)(F)(F)(F)F)cc2)ccc1-n1cnc(C)c1. The molecule has 0 bridgehead atoms. The number of fused-ring (bicyclic) bond motifs is 1. The highest BCUT2D eigenvalue weighted by Gasteiger charge is 2.67. The highest BCUT2D eigenvalue weighted by molar-refractivity contribution is 8.42. The predicted octanol–water partition coefficient (Wildman–Crippen LogP) is 7.48. The fraction of sp³-hybridized carbons (Fsp3) is 0.280. The summed E-state index contributed by atoms with van der Waals surface area (Å²) in [7, 11) is -8.47. The molecule has 2 aliphatic heterocycles. The average molecular weight is 557 g/mol. The lowest BCUT2D eigenvalue weighted by Crippen LogP contribution is -2.46. The number of benzene rings is 2. The number of oxime groups is 1. The molecule has 1 aromatic heterocycles. The van der Waals surface area contributed by atoms with E-state index >= 15 is 0 Å². The van der Waals surface area contributed by atoms with E-state index in [4.69, 9.17) is 9.57 Å². The van der Waals surface area contributed by atoms with Crippen molar-refractivity contribution < 1.29 is 33.2 Å². The first kappa shape index (κ1) is 25.9. The summed E-state index contributed by atoms with van der Waals surface area (Å²) in [6.45, 7) is 4.20. The third-order valence-electron chi connectivity index (χ3n) is 6.37. The summed E-state index contributed by atoms with van der Waals surface area (Å²) in [6.07, 6.45) is 7.10. The van der Waals surface area contributed by atoms with Crippen molar-refractivity contribution in [1.82, 2.24) is 14.5 Å². The molecule has 1 saturated heterocycles. The minimum atomic E-state index is -10.1. The molecule has 0 radical (unpaired) electrons. The number of aromatic nitrogens is 2. The number of ether oxygens (including phenoxy) is 1. The summed E-state index contributed by atoms with van der Waals surface area (Å²) in [4.78, 5) is 11.9. The average Bonchev–Trinajstić information content (AvgIpc) is 3.42. The number of amidine groups is 1. The van der Waals surface area contributed by atoms with Crippen LogP contribution in [0.3, 0.4) is 0 Å². The van der Waals surface area contributed by atoms with Crippen LogP contribution >= 0.6 is 10.5 Å². The molecule has 13 heteroatoms. The molecule has 0 aliphatic carbocycles. The molecule has 3 heterocycles. The van der Waals surface area contributed by atoms with Crippen LogP contribution in [0.2, 0.25) is 0 Å². The van der Waals surface area contributed by atoms with Gasteiger partial charge >= 0.3 is 10.5 Å². The van der Waals surface area contributed by atoms with E-state index in [9.17, 15) is 19.4 Å². The fourth-order valence-electron chi connectivity index (χ4n) is 4.62. The van der Waals surface area contributed by atoms with Gasteiger partial charge in [-0.1, -0.05) is 30.7 Å². The number of hydrogen-bond donors (Lipinski definition) is 0. The number of aryl methyl sites for hydroxylation is 1. The van der Waals surface area contributed by atoms with E-state index in [2.05, 4.69) is 14.3 Å². The van der Waals surface area contributed by atoms with E-state index in [1.807, 2.05) is 46.9 Å². The Bertz CT molecular complexity index is 1460. The number of imidazole rings is 1. The predicted molar refractivity (Wildman–Crippen MR) is 135 cm³/mol. The first-order chi connectivity index (χ1) is 17.6. The third-order valence-corrected chi connectivity index (χ3v) is 6.88. The highest BCUT2D eigenvalue weighted by atomic mass is 32.5. The van der Waals surface area contributed by atoms with Crippen LogP contribution in [-0.2, 0) is 10.6 Å². The molecule has 2 aliphatic rings. The Morgan fingerprint density at radius 3 is 2.45 bits per heavy atom. The van der Waals surface area contributed by atoms with Crippen molar-refractivity contribution in [2.75, 3.05) is 13.7 Å². The monoisotopic (exact) mass is 556 g/mol. The van der Waals surface area contributed by atoms with Crippen molar-refractivity contribution in [2.24, 2.45) is 5.16 Å². The summed E-state index contributed by atoms with van der Waals surface area (Å²) < 4.78 is 74.1. The third kappa shape index (κ3) is 5.28. The summed E-state index contributed by atoms with van der Waals surface area (Å²) in [5.41, 5.74) is 2.82. The molecular weight excluding hydrogens is 531 g/mol. The Balaban J connectivity index is 1.39. The second kappa shape index (κ2) is 8.13. The number of nitrogens with zero attached hydrogens (tertiary/aromatic N) is 4. The number of methoxy groups -OCH3 is 1. The van der Waals surface area contributed by atoms with Crippen molar-refractivity contribution in [1.29, 1.82) is 0 Å². The lowest BCUT2D eigenvalue weighted by atomic mass is 9.95. The van der Waals surface area contributed by atoms with E-state index in [0.29, 0.717) is 23.7 Å². The Hall–Kier alpha value is -3.74. The second-order valence-electron chi connectivity index (χ2n) is 9.27. The Morgan fingerprint density at radius 1 is 1.08 bits per heavy atom. The maximum atomic E-state index is 12.7. The van der Waals surface area contributed by atoms with Gasteiger partial charge in [0, 0.05) is 25.2 Å². The number of piperidine rings is 1. The van der Waals surface area contributed by atoms with Gasteiger partial charge < -0.3 is 23.2 Å². The van der Waals surface area contributed by atoms with Gasteiger partial charge in [0.2, 0.25) is 5.72 Å². The van der Waals surface area contributed by atoms with E-state index < -0.39 is 22.0 Å². The summed E-state index contributed by atoms with van der Waals surface area (Å²) in [6, 6.07) is 10.00. The van der Waals surface area contributed by atoms with Gasteiger partial charge in [-0.25, -0.2) is 4.98 Å². The van der Waals surface area contributed by atoms with Gasteiger partial charge in [0.1, 0.15) is 11.5 Å². The lowest BCUT2D eigenvalue weighted by molar-refractivity contribution is -0.0912. The van der Waals surface area contributed by atoms with Crippen molar-refractivity contribution in [2.45, 2.75) is 32.4 Å². The van der Waals surface area contributed by atoms with Gasteiger partial charge in [-0.2, -0.15) is 0 Å². The number of hydrogen-bond acceptors (Lipinski definition) is 6. The molecule has 3 aromatic rings. The van der Waals surface area contributed by atoms with Crippen LogP contribution in [0.1, 0.15) is 36.6 Å². The van der Waals surface area contributed by atoms with Gasteiger partial charge in [0.05, 0.1) is 24.8 Å². The van der Waals surface area contributed by atoms with Crippen LogP contribution in [-0.4, -0.2) is 33.9 Å². The fourth-order valence-corrected chi connectivity index (χ4v) is 5.10. The highest BCUT2D eigenvalue weighted by Crippen LogP contribution is 2.97. The van der Waals surface area contributed by atoms with E-state index in [0.717, 1.165) is 47.5 Å². The Kier molecular flexibility index (Phi) is 5.54. The van der Waals surface area contributed by atoms with Crippen LogP contribution in [0, 0.1) is 6.92 Å². The van der Waals surface area contributed by atoms with Crippen LogP contribution < -0.4 is 8.92 Å². The number of rotatable bonds is 6. The van der Waals surface area contributed by atoms with E-state index in [-0.39, 0.29) is 0 Å². The topological polar surface area (TPSA) is 61.1 Å². The normalized spacial score (nSPS) is 22.3. The Morgan fingerprint density at radius 2 is 1.82 bits per heavy atom. The molecule has 0 saturated carbocycles. The molecule has 204 valence electrons. The second-order valence-corrected chi connectivity index (χ2v) is 11.2. The largest absolute Gasteiger partial charge is 0.495 e. The molecule has 1 fully saturated rings. The molecule has 2 aromatic carbocycles. The van der Waals surface area contributed by atoms with Gasteiger partial charge in [-0.05, 0) is 73.4 Å². The zero-order chi connectivity index (χ0) is 27.4. The van der Waals surface area contributed by atoms with Crippen molar-refractivity contribution >= 4 is 22.4 Å². The first-order valence-electron chi connectivity index (χ1n) is 11.6. The van der Waals surface area contributed by atoms with Crippen LogP contribution in [0.4, 0.5) is 19.4 Å². The lowest BCUT2D eigenvalue weighted by Gasteiger charge is -2.39. The number of halogens is 5. The van der Waals surface area contributed by atoms with Crippen LogP contribution in [0.15, 0.2) is 65.7 Å². The van der Waals surface area contributed by atoms with E-state index in [1.165, 1.54) is 12.1 Å². The molecule has 0 spiro atoms. The molecule has 1 atom stereocenters. The molecule has 1 unspecified atom stereocenters. The van der Waals surface area contributed by atoms with Gasteiger partial charge in [-0.15, -0.1) is 0 Å². The van der Waals surface area contributed by atoms with Gasteiger partial charge in [-0.3, -0.25) is 0 Å². The van der Waals surface area contributed by atoms with Gasteiger partial charge in [0.15, 0.2) is 5.84 Å². The molecule has 0 N–H and O–H groups in total. The van der Waals surface area contributed by atoms with Crippen LogP contribution in [0.5, 0.6) is 11.5 Å². The molecule has 7 nitrogen and oxygen atoms in total. The zero-order valence-electron chi connectivity index (χ0n) is 20.7. The molecule has 5 rings (SSSR count). The van der Waals surface area contributed by atoms with E-state index in [1.54, 1.807) is 20.4 Å².